The van der Waals surface area contributed by atoms with Crippen LogP contribution in [0.2, 0.25) is 0 Å². The van der Waals surface area contributed by atoms with Crippen molar-refractivity contribution in [2.24, 2.45) is 17.8 Å². The lowest BCUT2D eigenvalue weighted by Gasteiger charge is -2.13. The van der Waals surface area contributed by atoms with Gasteiger partial charge in [0.1, 0.15) is 0 Å². The molecule has 0 spiro atoms. The van der Waals surface area contributed by atoms with Crippen molar-refractivity contribution >= 4 is 5.97 Å². The van der Waals surface area contributed by atoms with Gasteiger partial charge in [-0.25, -0.2) is 0 Å². The summed E-state index contributed by atoms with van der Waals surface area (Å²) in [4.78, 5) is 10.8. The summed E-state index contributed by atoms with van der Waals surface area (Å²) in [5.74, 6) is 1.09. The van der Waals surface area contributed by atoms with Gasteiger partial charge in [0.2, 0.25) is 0 Å². The van der Waals surface area contributed by atoms with Crippen molar-refractivity contribution in [1.29, 1.82) is 0 Å². The highest BCUT2D eigenvalue weighted by Gasteiger charge is 2.26. The van der Waals surface area contributed by atoms with Gasteiger partial charge in [-0.3, -0.25) is 4.79 Å². The van der Waals surface area contributed by atoms with Gasteiger partial charge in [-0.05, 0) is 43.4 Å². The lowest BCUT2D eigenvalue weighted by molar-refractivity contribution is -0.138. The molecule has 0 bridgehead atoms. The highest BCUT2D eigenvalue weighted by Crippen LogP contribution is 2.35. The molecule has 1 aliphatic carbocycles. The Balaban J connectivity index is 2.12. The maximum atomic E-state index is 10.8. The molecule has 1 rings (SSSR count). The van der Waals surface area contributed by atoms with E-state index in [0.29, 0.717) is 18.3 Å². The molecule has 19 heavy (non-hydrogen) atoms. The molecule has 0 heterocycles. The Morgan fingerprint density at radius 3 is 2.74 bits per heavy atom. The van der Waals surface area contributed by atoms with Crippen LogP contribution in [-0.4, -0.2) is 11.1 Å². The van der Waals surface area contributed by atoms with Crippen LogP contribution >= 0.6 is 0 Å². The average Bonchev–Trinajstić information content (AvgIpc) is 2.74. The van der Waals surface area contributed by atoms with E-state index in [-0.39, 0.29) is 0 Å². The maximum absolute atomic E-state index is 10.8. The van der Waals surface area contributed by atoms with Gasteiger partial charge in [0, 0.05) is 6.42 Å². The number of allylic oxidation sites excluding steroid dienone is 2. The molecule has 1 aliphatic rings. The third-order valence-electron chi connectivity index (χ3n) is 4.19. The normalized spacial score (nSPS) is 23.5. The van der Waals surface area contributed by atoms with Gasteiger partial charge in [0.15, 0.2) is 0 Å². The van der Waals surface area contributed by atoms with Crippen LogP contribution in [0.3, 0.4) is 0 Å². The van der Waals surface area contributed by atoms with Crippen LogP contribution in [-0.2, 0) is 4.79 Å². The van der Waals surface area contributed by atoms with Crippen LogP contribution in [0.5, 0.6) is 0 Å². The van der Waals surface area contributed by atoms with E-state index in [2.05, 4.69) is 26.0 Å². The summed E-state index contributed by atoms with van der Waals surface area (Å²) in [6.07, 6.45) is 14.9. The topological polar surface area (TPSA) is 37.3 Å². The van der Waals surface area contributed by atoms with Crippen LogP contribution < -0.4 is 0 Å². The zero-order valence-electron chi connectivity index (χ0n) is 12.6. The first-order chi connectivity index (χ1) is 9.09. The zero-order valence-corrected chi connectivity index (χ0v) is 12.6. The molecule has 1 saturated carbocycles. The van der Waals surface area contributed by atoms with Crippen molar-refractivity contribution in [1.82, 2.24) is 0 Å². The molecule has 0 radical (unpaired) electrons. The third kappa shape index (κ3) is 7.39. The summed E-state index contributed by atoms with van der Waals surface area (Å²) in [7, 11) is 0. The SMILES string of the molecule is CC(C)CCCCC/C=C/C1CCCC1CC(=O)O. The van der Waals surface area contributed by atoms with Gasteiger partial charge >= 0.3 is 5.97 Å². The maximum Gasteiger partial charge on any atom is 0.303 e. The smallest absolute Gasteiger partial charge is 0.303 e. The molecule has 0 aromatic rings. The van der Waals surface area contributed by atoms with Gasteiger partial charge in [0.25, 0.3) is 0 Å². The number of hydrogen-bond acceptors (Lipinski definition) is 1. The van der Waals surface area contributed by atoms with Gasteiger partial charge in [-0.2, -0.15) is 0 Å². The minimum atomic E-state index is -0.640. The number of unbranched alkanes of at least 4 members (excludes halogenated alkanes) is 3. The lowest BCUT2D eigenvalue weighted by Crippen LogP contribution is -2.10. The number of carboxylic acids is 1. The molecule has 2 unspecified atom stereocenters. The molecule has 2 nitrogen and oxygen atoms in total. The molecule has 1 fully saturated rings. The number of rotatable bonds is 9. The van der Waals surface area contributed by atoms with Gasteiger partial charge in [-0.15, -0.1) is 0 Å². The molecule has 0 aromatic heterocycles. The summed E-state index contributed by atoms with van der Waals surface area (Å²) in [5, 5.41) is 8.88. The van der Waals surface area contributed by atoms with Crippen LogP contribution in [0.1, 0.15) is 71.6 Å². The minimum absolute atomic E-state index is 0.351. The van der Waals surface area contributed by atoms with Gasteiger partial charge < -0.3 is 5.11 Å². The molecule has 0 aromatic carbocycles. The van der Waals surface area contributed by atoms with E-state index in [1.54, 1.807) is 0 Å². The molecule has 2 heteroatoms. The minimum Gasteiger partial charge on any atom is -0.481 e. The number of aliphatic carboxylic acids is 1. The second-order valence-electron chi connectivity index (χ2n) is 6.41. The Hall–Kier alpha value is -0.790. The largest absolute Gasteiger partial charge is 0.481 e. The van der Waals surface area contributed by atoms with Crippen molar-refractivity contribution in [3.05, 3.63) is 12.2 Å². The summed E-state index contributed by atoms with van der Waals surface area (Å²) in [6, 6.07) is 0. The van der Waals surface area contributed by atoms with Crippen molar-refractivity contribution in [2.75, 3.05) is 0 Å². The Kier molecular flexibility index (Phi) is 7.85. The van der Waals surface area contributed by atoms with Crippen molar-refractivity contribution in [3.8, 4) is 0 Å². The molecule has 0 amide bonds. The fourth-order valence-electron chi connectivity index (χ4n) is 3.06. The van der Waals surface area contributed by atoms with E-state index in [9.17, 15) is 4.79 Å². The van der Waals surface area contributed by atoms with Crippen molar-refractivity contribution in [3.63, 3.8) is 0 Å². The van der Waals surface area contributed by atoms with Crippen molar-refractivity contribution < 1.29 is 9.90 Å². The summed E-state index contributed by atoms with van der Waals surface area (Å²) >= 11 is 0. The standard InChI is InChI=1S/C17H30O2/c1-14(2)9-6-4-3-5-7-10-15-11-8-12-16(15)13-17(18)19/h7,10,14-16H,3-6,8-9,11-13H2,1-2H3,(H,18,19)/b10-7+. The predicted octanol–water partition coefficient (Wildman–Crippen LogP) is 5.04. The second-order valence-corrected chi connectivity index (χ2v) is 6.41. The summed E-state index contributed by atoms with van der Waals surface area (Å²) < 4.78 is 0. The molecule has 2 atom stereocenters. The molecular formula is C17H30O2. The van der Waals surface area contributed by atoms with Gasteiger partial charge in [0.05, 0.1) is 0 Å². The fourth-order valence-corrected chi connectivity index (χ4v) is 3.06. The highest BCUT2D eigenvalue weighted by atomic mass is 16.4. The fraction of sp³-hybridized carbons (Fsp3) is 0.824. The summed E-state index contributed by atoms with van der Waals surface area (Å²) in [5.41, 5.74) is 0. The Labute approximate surface area is 118 Å². The quantitative estimate of drug-likeness (QED) is 0.469. The Bertz CT molecular complexity index is 281. The van der Waals surface area contributed by atoms with E-state index in [1.807, 2.05) is 0 Å². The van der Waals surface area contributed by atoms with E-state index >= 15 is 0 Å². The number of carbonyl (C=O) groups is 1. The Morgan fingerprint density at radius 2 is 2.05 bits per heavy atom. The summed E-state index contributed by atoms with van der Waals surface area (Å²) in [6.45, 7) is 4.56. The van der Waals surface area contributed by atoms with E-state index in [4.69, 9.17) is 5.11 Å². The number of carboxylic acid groups (broad SMARTS) is 1. The zero-order chi connectivity index (χ0) is 14.1. The Morgan fingerprint density at radius 1 is 1.26 bits per heavy atom. The van der Waals surface area contributed by atoms with Crippen LogP contribution in [0, 0.1) is 17.8 Å². The first-order valence-corrected chi connectivity index (χ1v) is 7.98. The molecule has 1 N–H and O–H groups in total. The molecule has 0 aliphatic heterocycles. The molecular weight excluding hydrogens is 236 g/mol. The highest BCUT2D eigenvalue weighted by molar-refractivity contribution is 5.67. The monoisotopic (exact) mass is 266 g/mol. The number of hydrogen-bond donors (Lipinski definition) is 1. The first kappa shape index (κ1) is 16.3. The predicted molar refractivity (Wildman–Crippen MR) is 80.1 cm³/mol. The molecule has 110 valence electrons. The van der Waals surface area contributed by atoms with E-state index in [0.717, 1.165) is 18.8 Å². The van der Waals surface area contributed by atoms with E-state index in [1.165, 1.54) is 38.5 Å². The van der Waals surface area contributed by atoms with Crippen molar-refractivity contribution in [2.45, 2.75) is 71.6 Å². The van der Waals surface area contributed by atoms with Crippen LogP contribution in [0.25, 0.3) is 0 Å². The first-order valence-electron chi connectivity index (χ1n) is 7.98. The van der Waals surface area contributed by atoms with Crippen LogP contribution in [0.4, 0.5) is 0 Å². The second kappa shape index (κ2) is 9.17. The lowest BCUT2D eigenvalue weighted by atomic mass is 9.92. The van der Waals surface area contributed by atoms with Gasteiger partial charge in [-0.1, -0.05) is 51.7 Å². The van der Waals surface area contributed by atoms with Crippen LogP contribution in [0.15, 0.2) is 12.2 Å². The third-order valence-corrected chi connectivity index (χ3v) is 4.19. The molecule has 0 saturated heterocycles. The van der Waals surface area contributed by atoms with E-state index < -0.39 is 5.97 Å². The average molecular weight is 266 g/mol.